The molecule has 1 fully saturated rings. The van der Waals surface area contributed by atoms with Gasteiger partial charge >= 0.3 is 11.8 Å². The largest absolute Gasteiger partial charge is 0.348 e. The molecule has 5 rings (SSSR count). The average Bonchev–Trinajstić information content (AvgIpc) is 3.51. The SMILES string of the molecule is O=C(NCC1CCN(C(=O)c2cccnc2)CC1)C(=O)Nc1ccc2c(c1)CCCN2C(=O)c1cccs1. The number of thiophene rings is 1. The van der Waals surface area contributed by atoms with Gasteiger partial charge < -0.3 is 20.4 Å². The lowest BCUT2D eigenvalue weighted by atomic mass is 9.96. The number of fused-ring (bicyclic) bond motifs is 1. The van der Waals surface area contributed by atoms with Gasteiger partial charge in [0, 0.05) is 49.9 Å². The Morgan fingerprint density at radius 3 is 2.55 bits per heavy atom. The zero-order valence-corrected chi connectivity index (χ0v) is 21.7. The van der Waals surface area contributed by atoms with Crippen molar-refractivity contribution < 1.29 is 19.2 Å². The van der Waals surface area contributed by atoms with Crippen molar-refractivity contribution in [2.45, 2.75) is 25.7 Å². The number of aryl methyl sites for hydroxylation is 1. The second kappa shape index (κ2) is 11.6. The van der Waals surface area contributed by atoms with E-state index in [-0.39, 0.29) is 17.7 Å². The first-order valence-electron chi connectivity index (χ1n) is 12.8. The molecule has 0 aliphatic carbocycles. The third kappa shape index (κ3) is 5.75. The third-order valence-electron chi connectivity index (χ3n) is 7.00. The summed E-state index contributed by atoms with van der Waals surface area (Å²) in [5, 5.41) is 7.30. The van der Waals surface area contributed by atoms with Crippen LogP contribution in [0.3, 0.4) is 0 Å². The molecule has 0 atom stereocenters. The van der Waals surface area contributed by atoms with Crippen LogP contribution in [0.25, 0.3) is 0 Å². The Labute approximate surface area is 224 Å². The number of hydrogen-bond donors (Lipinski definition) is 2. The van der Waals surface area contributed by atoms with E-state index in [1.807, 2.05) is 29.6 Å². The first-order valence-corrected chi connectivity index (χ1v) is 13.6. The van der Waals surface area contributed by atoms with Crippen LogP contribution < -0.4 is 15.5 Å². The Morgan fingerprint density at radius 2 is 1.82 bits per heavy atom. The van der Waals surface area contributed by atoms with Crippen molar-refractivity contribution in [2.75, 3.05) is 36.4 Å². The van der Waals surface area contributed by atoms with Gasteiger partial charge in [0.1, 0.15) is 0 Å². The van der Waals surface area contributed by atoms with Gasteiger partial charge in [-0.2, -0.15) is 0 Å². The Morgan fingerprint density at radius 1 is 0.974 bits per heavy atom. The molecule has 0 unspecified atom stereocenters. The fourth-order valence-electron chi connectivity index (χ4n) is 4.94. The van der Waals surface area contributed by atoms with E-state index in [0.29, 0.717) is 42.3 Å². The number of benzene rings is 1. The van der Waals surface area contributed by atoms with E-state index >= 15 is 0 Å². The van der Waals surface area contributed by atoms with Crippen molar-refractivity contribution in [1.82, 2.24) is 15.2 Å². The molecule has 4 amide bonds. The molecule has 196 valence electrons. The van der Waals surface area contributed by atoms with Gasteiger partial charge in [0.05, 0.1) is 10.4 Å². The fourth-order valence-corrected chi connectivity index (χ4v) is 5.61. The molecule has 1 aromatic carbocycles. The molecule has 0 spiro atoms. The molecule has 0 radical (unpaired) electrons. The van der Waals surface area contributed by atoms with E-state index in [1.165, 1.54) is 11.3 Å². The molecule has 2 N–H and O–H groups in total. The van der Waals surface area contributed by atoms with Gasteiger partial charge in [-0.15, -0.1) is 11.3 Å². The first kappa shape index (κ1) is 25.6. The monoisotopic (exact) mass is 531 g/mol. The van der Waals surface area contributed by atoms with E-state index < -0.39 is 11.8 Å². The minimum atomic E-state index is -0.725. The summed E-state index contributed by atoms with van der Waals surface area (Å²) >= 11 is 1.42. The van der Waals surface area contributed by atoms with Gasteiger partial charge in [0.15, 0.2) is 0 Å². The summed E-state index contributed by atoms with van der Waals surface area (Å²) in [4.78, 5) is 58.7. The van der Waals surface area contributed by atoms with Crippen LogP contribution >= 0.6 is 11.3 Å². The van der Waals surface area contributed by atoms with Gasteiger partial charge in [0.2, 0.25) is 0 Å². The average molecular weight is 532 g/mol. The maximum absolute atomic E-state index is 12.9. The molecule has 0 saturated carbocycles. The number of rotatable bonds is 5. The molecule has 2 aliphatic rings. The van der Waals surface area contributed by atoms with Gasteiger partial charge in [0.25, 0.3) is 11.8 Å². The number of nitrogens with one attached hydrogen (secondary N) is 2. The van der Waals surface area contributed by atoms with E-state index in [1.54, 1.807) is 40.4 Å². The lowest BCUT2D eigenvalue weighted by Crippen LogP contribution is -2.43. The van der Waals surface area contributed by atoms with Crippen LogP contribution in [0, 0.1) is 5.92 Å². The summed E-state index contributed by atoms with van der Waals surface area (Å²) < 4.78 is 0. The highest BCUT2D eigenvalue weighted by atomic mass is 32.1. The number of nitrogens with zero attached hydrogens (tertiary/aromatic N) is 3. The zero-order valence-electron chi connectivity index (χ0n) is 20.9. The van der Waals surface area contributed by atoms with Crippen LogP contribution in [0.1, 0.15) is 44.9 Å². The van der Waals surface area contributed by atoms with Crippen LogP contribution in [0.15, 0.2) is 60.2 Å². The Hall–Kier alpha value is -4.05. The van der Waals surface area contributed by atoms with Crippen molar-refractivity contribution in [3.63, 3.8) is 0 Å². The van der Waals surface area contributed by atoms with E-state index in [4.69, 9.17) is 0 Å². The smallest absolute Gasteiger partial charge is 0.313 e. The molecule has 2 aromatic heterocycles. The molecular weight excluding hydrogens is 502 g/mol. The van der Waals surface area contributed by atoms with Gasteiger partial charge in [-0.25, -0.2) is 0 Å². The van der Waals surface area contributed by atoms with Gasteiger partial charge in [-0.05, 0) is 78.9 Å². The Balaban J connectivity index is 1.10. The Bertz CT molecular complexity index is 1320. The van der Waals surface area contributed by atoms with Crippen LogP contribution in [-0.2, 0) is 16.0 Å². The summed E-state index contributed by atoms with van der Waals surface area (Å²) in [7, 11) is 0. The zero-order chi connectivity index (χ0) is 26.5. The number of aromatic nitrogens is 1. The predicted octanol–water partition coefficient (Wildman–Crippen LogP) is 3.34. The number of anilines is 2. The van der Waals surface area contributed by atoms with Gasteiger partial charge in [-0.1, -0.05) is 6.07 Å². The van der Waals surface area contributed by atoms with Crippen LogP contribution in [0.5, 0.6) is 0 Å². The normalized spacial score (nSPS) is 15.5. The molecule has 4 heterocycles. The highest BCUT2D eigenvalue weighted by molar-refractivity contribution is 7.12. The second-order valence-corrected chi connectivity index (χ2v) is 10.5. The van der Waals surface area contributed by atoms with Crippen molar-refractivity contribution >= 4 is 46.3 Å². The maximum Gasteiger partial charge on any atom is 0.313 e. The number of hydrogen-bond acceptors (Lipinski definition) is 6. The predicted molar refractivity (Wildman–Crippen MR) is 145 cm³/mol. The van der Waals surface area contributed by atoms with Crippen molar-refractivity contribution in [3.05, 3.63) is 76.2 Å². The van der Waals surface area contributed by atoms with Gasteiger partial charge in [-0.3, -0.25) is 24.2 Å². The number of likely N-dealkylation sites (tertiary alicyclic amines) is 1. The minimum absolute atomic E-state index is 0.0237. The minimum Gasteiger partial charge on any atom is -0.348 e. The number of carbonyl (C=O) groups is 4. The molecule has 9 nitrogen and oxygen atoms in total. The molecule has 3 aromatic rings. The number of amides is 4. The fraction of sp³-hybridized carbons (Fsp3) is 0.321. The molecular formula is C28H29N5O4S. The topological polar surface area (TPSA) is 112 Å². The van der Waals surface area contributed by atoms with Crippen LogP contribution in [-0.4, -0.2) is 59.7 Å². The molecule has 1 saturated heterocycles. The molecule has 10 heteroatoms. The van der Waals surface area contributed by atoms with Crippen LogP contribution in [0.2, 0.25) is 0 Å². The van der Waals surface area contributed by atoms with E-state index in [2.05, 4.69) is 15.6 Å². The van der Waals surface area contributed by atoms with Crippen molar-refractivity contribution in [3.8, 4) is 0 Å². The van der Waals surface area contributed by atoms with Crippen molar-refractivity contribution in [2.24, 2.45) is 5.92 Å². The van der Waals surface area contributed by atoms with Crippen LogP contribution in [0.4, 0.5) is 11.4 Å². The highest BCUT2D eigenvalue weighted by Crippen LogP contribution is 2.31. The summed E-state index contributed by atoms with van der Waals surface area (Å²) in [6, 6.07) is 12.6. The standard InChI is InChI=1S/C28H29N5O4S/c34-25(30-17-19-9-13-32(14-10-19)27(36)21-4-1-11-29-18-21)26(35)31-22-7-8-23-20(16-22)5-2-12-33(23)28(37)24-6-3-15-38-24/h1,3-4,6-8,11,15-16,18-19H,2,5,9-10,12-14,17H2,(H,30,34)(H,31,35). The molecule has 2 aliphatic heterocycles. The number of carbonyl (C=O) groups excluding carboxylic acids is 4. The summed E-state index contributed by atoms with van der Waals surface area (Å²) in [5.41, 5.74) is 2.90. The first-order chi connectivity index (χ1) is 18.5. The van der Waals surface area contributed by atoms with E-state index in [0.717, 1.165) is 36.9 Å². The van der Waals surface area contributed by atoms with E-state index in [9.17, 15) is 19.2 Å². The maximum atomic E-state index is 12.9. The number of piperidine rings is 1. The quantitative estimate of drug-likeness (QED) is 0.491. The molecule has 38 heavy (non-hydrogen) atoms. The number of pyridine rings is 1. The lowest BCUT2D eigenvalue weighted by Gasteiger charge is -2.32. The highest BCUT2D eigenvalue weighted by Gasteiger charge is 2.26. The Kier molecular flexibility index (Phi) is 7.78. The molecule has 0 bridgehead atoms. The summed E-state index contributed by atoms with van der Waals surface area (Å²) in [6.45, 7) is 2.22. The second-order valence-electron chi connectivity index (χ2n) is 9.52. The lowest BCUT2D eigenvalue weighted by molar-refractivity contribution is -0.136. The van der Waals surface area contributed by atoms with Crippen molar-refractivity contribution in [1.29, 1.82) is 0 Å². The summed E-state index contributed by atoms with van der Waals surface area (Å²) in [6.07, 6.45) is 6.32. The third-order valence-corrected chi connectivity index (χ3v) is 7.86. The summed E-state index contributed by atoms with van der Waals surface area (Å²) in [5.74, 6) is -1.28.